The minimum absolute atomic E-state index is 0.0613. The van der Waals surface area contributed by atoms with Crippen LogP contribution in [0.4, 0.5) is 0 Å². The van der Waals surface area contributed by atoms with Crippen molar-refractivity contribution in [3.05, 3.63) is 0 Å². The van der Waals surface area contributed by atoms with E-state index in [-0.39, 0.29) is 5.91 Å². The molecule has 0 radical (unpaired) electrons. The molecule has 4 heteroatoms. The lowest BCUT2D eigenvalue weighted by atomic mass is 9.77. The fraction of sp³-hybridized carbons (Fsp3) is 0.857. The van der Waals surface area contributed by atoms with E-state index in [1.165, 1.54) is 0 Å². The van der Waals surface area contributed by atoms with Crippen LogP contribution in [0.5, 0.6) is 0 Å². The third-order valence-corrected chi connectivity index (χ3v) is 2.02. The molecule has 1 fully saturated rings. The summed E-state index contributed by atoms with van der Waals surface area (Å²) in [6.45, 7) is 0. The summed E-state index contributed by atoms with van der Waals surface area (Å²) in [4.78, 5) is 11.3. The van der Waals surface area contributed by atoms with E-state index in [4.69, 9.17) is 5.73 Å². The zero-order chi connectivity index (χ0) is 8.48. The van der Waals surface area contributed by atoms with Crippen molar-refractivity contribution in [1.82, 2.24) is 10.4 Å². The van der Waals surface area contributed by atoms with Gasteiger partial charge in [-0.15, -0.1) is 0 Å². The van der Waals surface area contributed by atoms with Crippen molar-refractivity contribution in [2.75, 3.05) is 14.1 Å². The predicted molar refractivity (Wildman–Crippen MR) is 42.6 cm³/mol. The van der Waals surface area contributed by atoms with Crippen molar-refractivity contribution in [2.24, 2.45) is 5.73 Å². The molecule has 0 heterocycles. The number of nitrogens with two attached hydrogens (primary N) is 1. The molecule has 64 valence electrons. The van der Waals surface area contributed by atoms with Crippen LogP contribution in [0.25, 0.3) is 0 Å². The van der Waals surface area contributed by atoms with Crippen molar-refractivity contribution in [3.63, 3.8) is 0 Å². The van der Waals surface area contributed by atoms with Crippen molar-refractivity contribution in [2.45, 2.75) is 24.8 Å². The van der Waals surface area contributed by atoms with Crippen LogP contribution < -0.4 is 11.2 Å². The van der Waals surface area contributed by atoms with E-state index in [9.17, 15) is 4.79 Å². The number of hydrazine groups is 1. The first-order chi connectivity index (χ1) is 5.04. The smallest absolute Gasteiger partial charge is 0.254 e. The maximum absolute atomic E-state index is 11.3. The third-order valence-electron chi connectivity index (χ3n) is 2.02. The van der Waals surface area contributed by atoms with Crippen LogP contribution >= 0.6 is 0 Å². The fourth-order valence-electron chi connectivity index (χ4n) is 1.10. The lowest BCUT2D eigenvalue weighted by Gasteiger charge is -2.36. The molecule has 0 aromatic rings. The van der Waals surface area contributed by atoms with Gasteiger partial charge in [0, 0.05) is 14.1 Å². The van der Waals surface area contributed by atoms with Crippen LogP contribution in [-0.2, 0) is 4.79 Å². The van der Waals surface area contributed by atoms with Gasteiger partial charge in [-0.05, 0) is 19.3 Å². The topological polar surface area (TPSA) is 58.4 Å². The second-order valence-corrected chi connectivity index (χ2v) is 3.35. The van der Waals surface area contributed by atoms with Gasteiger partial charge in [-0.25, -0.2) is 5.01 Å². The van der Waals surface area contributed by atoms with E-state index < -0.39 is 5.54 Å². The van der Waals surface area contributed by atoms with Crippen LogP contribution in [0.2, 0.25) is 0 Å². The molecule has 0 aromatic carbocycles. The second kappa shape index (κ2) is 2.79. The number of nitrogens with zero attached hydrogens (tertiary/aromatic N) is 1. The molecule has 1 aliphatic rings. The molecule has 1 rings (SSSR count). The van der Waals surface area contributed by atoms with Gasteiger partial charge >= 0.3 is 0 Å². The molecule has 0 atom stereocenters. The zero-order valence-electron chi connectivity index (χ0n) is 7.05. The van der Waals surface area contributed by atoms with Gasteiger partial charge in [0.05, 0.1) is 5.54 Å². The van der Waals surface area contributed by atoms with Crippen molar-refractivity contribution >= 4 is 5.91 Å². The van der Waals surface area contributed by atoms with Crippen LogP contribution in [0, 0.1) is 0 Å². The van der Waals surface area contributed by atoms with Gasteiger partial charge in [-0.2, -0.15) is 0 Å². The van der Waals surface area contributed by atoms with E-state index in [0.717, 1.165) is 19.3 Å². The number of amides is 1. The van der Waals surface area contributed by atoms with Gasteiger partial charge in [0.1, 0.15) is 0 Å². The molecule has 0 aromatic heterocycles. The largest absolute Gasteiger partial charge is 0.317 e. The zero-order valence-corrected chi connectivity index (χ0v) is 7.05. The number of hydrogen-bond acceptors (Lipinski definition) is 3. The van der Waals surface area contributed by atoms with Gasteiger partial charge in [0.25, 0.3) is 5.91 Å². The molecule has 11 heavy (non-hydrogen) atoms. The minimum atomic E-state index is -0.579. The minimum Gasteiger partial charge on any atom is -0.317 e. The molecular formula is C7H15N3O. The highest BCUT2D eigenvalue weighted by atomic mass is 16.2. The molecule has 0 unspecified atom stereocenters. The van der Waals surface area contributed by atoms with Crippen LogP contribution in [0.1, 0.15) is 19.3 Å². The number of carbonyl (C=O) groups is 1. The summed E-state index contributed by atoms with van der Waals surface area (Å²) in [7, 11) is 3.56. The fourth-order valence-corrected chi connectivity index (χ4v) is 1.10. The van der Waals surface area contributed by atoms with E-state index >= 15 is 0 Å². The van der Waals surface area contributed by atoms with E-state index in [2.05, 4.69) is 5.43 Å². The Bertz CT molecular complexity index is 163. The summed E-state index contributed by atoms with van der Waals surface area (Å²) in [6, 6.07) is 0. The summed E-state index contributed by atoms with van der Waals surface area (Å²) in [6.07, 6.45) is 2.69. The first kappa shape index (κ1) is 8.49. The van der Waals surface area contributed by atoms with E-state index in [1.54, 1.807) is 19.1 Å². The molecule has 0 aliphatic heterocycles. The van der Waals surface area contributed by atoms with Crippen LogP contribution in [0.15, 0.2) is 0 Å². The molecular weight excluding hydrogens is 142 g/mol. The van der Waals surface area contributed by atoms with Crippen molar-refractivity contribution in [1.29, 1.82) is 0 Å². The molecule has 1 amide bonds. The first-order valence-electron chi connectivity index (χ1n) is 3.82. The Kier molecular flexibility index (Phi) is 2.15. The average molecular weight is 157 g/mol. The summed E-state index contributed by atoms with van der Waals surface area (Å²) >= 11 is 0. The normalized spacial score (nSPS) is 21.1. The monoisotopic (exact) mass is 157 g/mol. The highest BCUT2D eigenvalue weighted by molar-refractivity contribution is 5.86. The van der Waals surface area contributed by atoms with Crippen LogP contribution in [0.3, 0.4) is 0 Å². The Balaban J connectivity index is 2.40. The second-order valence-electron chi connectivity index (χ2n) is 3.35. The Morgan fingerprint density at radius 3 is 2.36 bits per heavy atom. The Morgan fingerprint density at radius 2 is 2.09 bits per heavy atom. The van der Waals surface area contributed by atoms with Gasteiger partial charge in [-0.1, -0.05) is 0 Å². The van der Waals surface area contributed by atoms with E-state index in [0.29, 0.717) is 0 Å². The van der Waals surface area contributed by atoms with Crippen molar-refractivity contribution < 1.29 is 4.79 Å². The standard InChI is InChI=1S/C7H15N3O/c1-10(2)9-6(11)7(8)4-3-5-7/h3-5,8H2,1-2H3,(H,9,11). The summed E-state index contributed by atoms with van der Waals surface area (Å²) < 4.78 is 0. The Morgan fingerprint density at radius 1 is 1.55 bits per heavy atom. The number of rotatable bonds is 2. The molecule has 1 aliphatic carbocycles. The Labute approximate surface area is 66.7 Å². The summed E-state index contributed by atoms with van der Waals surface area (Å²) in [5, 5.41) is 1.62. The van der Waals surface area contributed by atoms with Gasteiger partial charge in [-0.3, -0.25) is 10.2 Å². The van der Waals surface area contributed by atoms with Gasteiger partial charge < -0.3 is 5.73 Å². The Hall–Kier alpha value is -0.610. The van der Waals surface area contributed by atoms with Gasteiger partial charge in [0.2, 0.25) is 0 Å². The molecule has 0 spiro atoms. The highest BCUT2D eigenvalue weighted by Gasteiger charge is 2.40. The number of hydrogen-bond donors (Lipinski definition) is 2. The highest BCUT2D eigenvalue weighted by Crippen LogP contribution is 2.28. The summed E-state index contributed by atoms with van der Waals surface area (Å²) in [5.74, 6) is -0.0613. The molecule has 0 saturated heterocycles. The lowest BCUT2D eigenvalue weighted by molar-refractivity contribution is -0.133. The molecule has 3 N–H and O–H groups in total. The molecule has 0 bridgehead atoms. The van der Waals surface area contributed by atoms with E-state index in [1.807, 2.05) is 0 Å². The lowest BCUT2D eigenvalue weighted by Crippen LogP contribution is -2.60. The molecule has 1 saturated carbocycles. The maximum atomic E-state index is 11.3. The number of carbonyl (C=O) groups excluding carboxylic acids is 1. The SMILES string of the molecule is CN(C)NC(=O)C1(N)CCC1. The average Bonchev–Trinajstić information content (AvgIpc) is 1.81. The van der Waals surface area contributed by atoms with Gasteiger partial charge in [0.15, 0.2) is 0 Å². The quantitative estimate of drug-likeness (QED) is 0.529. The third kappa shape index (κ3) is 1.70. The first-order valence-corrected chi connectivity index (χ1v) is 3.82. The predicted octanol–water partition coefficient (Wildman–Crippen LogP) is -0.539. The summed E-state index contributed by atoms with van der Waals surface area (Å²) in [5.41, 5.74) is 7.83. The maximum Gasteiger partial charge on any atom is 0.254 e. The van der Waals surface area contributed by atoms with Crippen molar-refractivity contribution in [3.8, 4) is 0 Å². The molecule has 4 nitrogen and oxygen atoms in total. The van der Waals surface area contributed by atoms with Crippen LogP contribution in [-0.4, -0.2) is 30.6 Å². The number of nitrogens with one attached hydrogen (secondary N) is 1.